The maximum Gasteiger partial charge on any atom is 0.160 e. The number of hydrogen-bond acceptors (Lipinski definition) is 3. The van der Waals surface area contributed by atoms with Gasteiger partial charge in [0, 0.05) is 18.0 Å². The SMILES string of the molecule is CCN(Cc1cccs1)c1ccc(CN)c(Br)c1F. The molecule has 1 aromatic carbocycles. The topological polar surface area (TPSA) is 29.3 Å². The lowest BCUT2D eigenvalue weighted by Gasteiger charge is -2.24. The molecule has 0 unspecified atom stereocenters. The average Bonchev–Trinajstić information content (AvgIpc) is 2.92. The van der Waals surface area contributed by atoms with Crippen molar-refractivity contribution in [3.8, 4) is 0 Å². The lowest BCUT2D eigenvalue weighted by Crippen LogP contribution is -2.23. The second-order valence-corrected chi connectivity index (χ2v) is 5.99. The van der Waals surface area contributed by atoms with Gasteiger partial charge in [0.05, 0.1) is 16.7 Å². The van der Waals surface area contributed by atoms with Crippen molar-refractivity contribution in [1.29, 1.82) is 0 Å². The molecule has 0 aliphatic rings. The summed E-state index contributed by atoms with van der Waals surface area (Å²) in [6, 6.07) is 7.76. The van der Waals surface area contributed by atoms with E-state index in [0.29, 0.717) is 16.7 Å². The molecule has 2 nitrogen and oxygen atoms in total. The summed E-state index contributed by atoms with van der Waals surface area (Å²) in [5.74, 6) is -0.235. The largest absolute Gasteiger partial charge is 0.364 e. The Balaban J connectivity index is 2.30. The molecule has 2 N–H and O–H groups in total. The second kappa shape index (κ2) is 6.50. The lowest BCUT2D eigenvalue weighted by molar-refractivity contribution is 0.609. The highest BCUT2D eigenvalue weighted by atomic mass is 79.9. The second-order valence-electron chi connectivity index (χ2n) is 4.17. The normalized spacial score (nSPS) is 10.7. The third-order valence-electron chi connectivity index (χ3n) is 3.01. The maximum absolute atomic E-state index is 14.4. The van der Waals surface area contributed by atoms with Gasteiger partial charge in [-0.1, -0.05) is 12.1 Å². The third kappa shape index (κ3) is 3.16. The zero-order chi connectivity index (χ0) is 13.8. The summed E-state index contributed by atoms with van der Waals surface area (Å²) in [6.45, 7) is 3.83. The van der Waals surface area contributed by atoms with Crippen molar-refractivity contribution in [1.82, 2.24) is 0 Å². The van der Waals surface area contributed by atoms with Gasteiger partial charge >= 0.3 is 0 Å². The number of hydrogen-bond donors (Lipinski definition) is 1. The zero-order valence-corrected chi connectivity index (χ0v) is 13.1. The predicted octanol–water partition coefficient (Wildman–Crippen LogP) is 4.13. The molecule has 0 aliphatic heterocycles. The van der Waals surface area contributed by atoms with E-state index in [4.69, 9.17) is 5.73 Å². The molecule has 0 spiro atoms. The summed E-state index contributed by atoms with van der Waals surface area (Å²) < 4.78 is 14.8. The Hall–Kier alpha value is -0.910. The highest BCUT2D eigenvalue weighted by Gasteiger charge is 2.15. The minimum Gasteiger partial charge on any atom is -0.364 e. The first-order chi connectivity index (χ1) is 9.17. The summed E-state index contributed by atoms with van der Waals surface area (Å²) in [5, 5.41) is 2.03. The lowest BCUT2D eigenvalue weighted by atomic mass is 10.2. The van der Waals surface area contributed by atoms with Crippen molar-refractivity contribution >= 4 is 33.0 Å². The van der Waals surface area contributed by atoms with E-state index in [1.807, 2.05) is 29.3 Å². The third-order valence-corrected chi connectivity index (χ3v) is 4.73. The average molecular weight is 343 g/mol. The molecule has 1 heterocycles. The molecule has 1 aromatic heterocycles. The van der Waals surface area contributed by atoms with E-state index in [1.165, 1.54) is 4.88 Å². The van der Waals surface area contributed by atoms with Crippen LogP contribution in [0.5, 0.6) is 0 Å². The van der Waals surface area contributed by atoms with E-state index < -0.39 is 0 Å². The van der Waals surface area contributed by atoms with Gasteiger partial charge in [-0.2, -0.15) is 0 Å². The number of rotatable bonds is 5. The Morgan fingerprint density at radius 2 is 2.16 bits per heavy atom. The van der Waals surface area contributed by atoms with Crippen LogP contribution >= 0.6 is 27.3 Å². The molecule has 0 amide bonds. The summed E-state index contributed by atoms with van der Waals surface area (Å²) in [5.41, 5.74) is 6.98. The van der Waals surface area contributed by atoms with Gasteiger partial charge in [0.25, 0.3) is 0 Å². The fraction of sp³-hybridized carbons (Fsp3) is 0.286. The van der Waals surface area contributed by atoms with Crippen LogP contribution in [0.1, 0.15) is 17.4 Å². The molecule has 2 aromatic rings. The Bertz CT molecular complexity index is 543. The first-order valence-corrected chi connectivity index (χ1v) is 7.78. The van der Waals surface area contributed by atoms with E-state index in [0.717, 1.165) is 18.7 Å². The van der Waals surface area contributed by atoms with Crippen LogP contribution in [0.3, 0.4) is 0 Å². The summed E-state index contributed by atoms with van der Waals surface area (Å²) in [7, 11) is 0. The van der Waals surface area contributed by atoms with Gasteiger partial charge < -0.3 is 10.6 Å². The Labute approximate surface area is 125 Å². The number of halogens is 2. The van der Waals surface area contributed by atoms with Crippen molar-refractivity contribution in [2.75, 3.05) is 11.4 Å². The molecular formula is C14H16BrFN2S. The first kappa shape index (κ1) is 14.5. The minimum atomic E-state index is -0.235. The fourth-order valence-electron chi connectivity index (χ4n) is 1.94. The smallest absolute Gasteiger partial charge is 0.160 e. The number of nitrogens with zero attached hydrogens (tertiary/aromatic N) is 1. The van der Waals surface area contributed by atoms with Gasteiger partial charge in [-0.3, -0.25) is 0 Å². The van der Waals surface area contributed by atoms with E-state index in [2.05, 4.69) is 22.0 Å². The monoisotopic (exact) mass is 342 g/mol. The molecule has 0 fully saturated rings. The quantitative estimate of drug-likeness (QED) is 0.884. The number of thiophene rings is 1. The van der Waals surface area contributed by atoms with Crippen molar-refractivity contribution < 1.29 is 4.39 Å². The van der Waals surface area contributed by atoms with Crippen LogP contribution in [0.4, 0.5) is 10.1 Å². The van der Waals surface area contributed by atoms with Crippen molar-refractivity contribution in [2.45, 2.75) is 20.0 Å². The molecule has 102 valence electrons. The van der Waals surface area contributed by atoms with E-state index >= 15 is 0 Å². The van der Waals surface area contributed by atoms with Gasteiger partial charge in [-0.25, -0.2) is 4.39 Å². The molecule has 0 saturated heterocycles. The molecule has 0 bridgehead atoms. The van der Waals surface area contributed by atoms with Crippen molar-refractivity contribution in [2.24, 2.45) is 5.73 Å². The maximum atomic E-state index is 14.4. The highest BCUT2D eigenvalue weighted by molar-refractivity contribution is 9.10. The van der Waals surface area contributed by atoms with Crippen molar-refractivity contribution in [3.63, 3.8) is 0 Å². The molecule has 0 saturated carbocycles. The minimum absolute atomic E-state index is 0.235. The van der Waals surface area contributed by atoms with E-state index in [9.17, 15) is 4.39 Å². The van der Waals surface area contributed by atoms with Crippen LogP contribution in [-0.4, -0.2) is 6.54 Å². The Morgan fingerprint density at radius 3 is 2.74 bits per heavy atom. The van der Waals surface area contributed by atoms with E-state index in [-0.39, 0.29) is 5.82 Å². The van der Waals surface area contributed by atoms with Gasteiger partial charge in [0.15, 0.2) is 5.82 Å². The van der Waals surface area contributed by atoms with Crippen LogP contribution < -0.4 is 10.6 Å². The number of benzene rings is 1. The molecule has 2 rings (SSSR count). The van der Waals surface area contributed by atoms with Crippen LogP contribution in [0, 0.1) is 5.82 Å². The van der Waals surface area contributed by atoms with Gasteiger partial charge in [0.1, 0.15) is 0 Å². The number of anilines is 1. The number of nitrogens with two attached hydrogens (primary N) is 1. The molecule has 0 atom stereocenters. The Kier molecular flexibility index (Phi) is 4.96. The molecule has 0 aliphatic carbocycles. The summed E-state index contributed by atoms with van der Waals surface area (Å²) >= 11 is 4.97. The highest BCUT2D eigenvalue weighted by Crippen LogP contribution is 2.30. The van der Waals surface area contributed by atoms with Crippen molar-refractivity contribution in [3.05, 3.63) is 50.4 Å². The predicted molar refractivity (Wildman–Crippen MR) is 83.0 cm³/mol. The molecule has 19 heavy (non-hydrogen) atoms. The van der Waals surface area contributed by atoms with Crippen LogP contribution in [0.15, 0.2) is 34.1 Å². The standard InChI is InChI=1S/C14H16BrFN2S/c1-2-18(9-11-4-3-7-19-11)12-6-5-10(8-17)13(15)14(12)16/h3-7H,2,8-9,17H2,1H3. The molecule has 5 heteroatoms. The van der Waals surface area contributed by atoms with Gasteiger partial charge in [0.2, 0.25) is 0 Å². The summed E-state index contributed by atoms with van der Waals surface area (Å²) in [6.07, 6.45) is 0. The summed E-state index contributed by atoms with van der Waals surface area (Å²) in [4.78, 5) is 3.24. The fourth-order valence-corrected chi connectivity index (χ4v) is 3.16. The first-order valence-electron chi connectivity index (χ1n) is 6.11. The Morgan fingerprint density at radius 1 is 1.37 bits per heavy atom. The van der Waals surface area contributed by atoms with Crippen LogP contribution in [0.2, 0.25) is 0 Å². The zero-order valence-electron chi connectivity index (χ0n) is 10.7. The van der Waals surface area contributed by atoms with Crippen LogP contribution in [-0.2, 0) is 13.1 Å². The molecule has 0 radical (unpaired) electrons. The van der Waals surface area contributed by atoms with Gasteiger partial charge in [-0.05, 0) is 45.9 Å². The molecular weight excluding hydrogens is 327 g/mol. The van der Waals surface area contributed by atoms with E-state index in [1.54, 1.807) is 17.4 Å². The van der Waals surface area contributed by atoms with Gasteiger partial charge in [-0.15, -0.1) is 11.3 Å². The van der Waals surface area contributed by atoms with Crippen LogP contribution in [0.25, 0.3) is 0 Å².